The van der Waals surface area contributed by atoms with Crippen molar-refractivity contribution in [1.82, 2.24) is 20.2 Å². The van der Waals surface area contributed by atoms with Gasteiger partial charge in [0.2, 0.25) is 5.89 Å². The first-order valence-corrected chi connectivity index (χ1v) is 5.29. The zero-order valence-corrected chi connectivity index (χ0v) is 9.18. The zero-order valence-electron chi connectivity index (χ0n) is 8.43. The minimum absolute atomic E-state index is 0.374. The van der Waals surface area contributed by atoms with E-state index in [9.17, 15) is 0 Å². The second-order valence-electron chi connectivity index (χ2n) is 2.99. The molecule has 2 aromatic heterocycles. The Balaban J connectivity index is 1.89. The van der Waals surface area contributed by atoms with Gasteiger partial charge in [0.25, 0.3) is 0 Å². The van der Waals surface area contributed by atoms with Crippen LogP contribution in [0.15, 0.2) is 23.0 Å². The molecule has 0 saturated heterocycles. The van der Waals surface area contributed by atoms with E-state index in [0.717, 1.165) is 5.69 Å². The minimum atomic E-state index is 0.374. The van der Waals surface area contributed by atoms with Crippen molar-refractivity contribution in [1.29, 1.82) is 0 Å². The lowest BCUT2D eigenvalue weighted by Gasteiger charge is -1.98. The maximum Gasteiger partial charge on any atom is 0.315 e. The van der Waals surface area contributed by atoms with Crippen molar-refractivity contribution in [2.75, 3.05) is 11.2 Å². The van der Waals surface area contributed by atoms with Crippen molar-refractivity contribution in [3.8, 4) is 0 Å². The topological polar surface area (TPSA) is 76.7 Å². The maximum absolute atomic E-state index is 5.55. The summed E-state index contributed by atoms with van der Waals surface area (Å²) in [6.45, 7) is 0.519. The zero-order chi connectivity index (χ0) is 11.2. The van der Waals surface area contributed by atoms with Crippen LogP contribution in [0, 0.1) is 0 Å². The van der Waals surface area contributed by atoms with E-state index in [1.165, 1.54) is 6.33 Å². The summed E-state index contributed by atoms with van der Waals surface area (Å²) >= 11 is 5.55. The van der Waals surface area contributed by atoms with Crippen molar-refractivity contribution >= 4 is 17.6 Å². The van der Waals surface area contributed by atoms with Crippen molar-refractivity contribution in [2.45, 2.75) is 13.0 Å². The Bertz CT molecular complexity index is 432. The first-order valence-electron chi connectivity index (χ1n) is 4.75. The van der Waals surface area contributed by atoms with Gasteiger partial charge in [0.15, 0.2) is 0 Å². The average molecular weight is 240 g/mol. The highest BCUT2D eigenvalue weighted by atomic mass is 35.5. The summed E-state index contributed by atoms with van der Waals surface area (Å²) in [6, 6.07) is 2.18. The molecule has 2 aromatic rings. The molecular weight excluding hydrogens is 230 g/mol. The standard InChI is InChI=1S/C9H10ClN5O/c10-3-1-8-14-15-9(16-8)12-5-7-2-4-11-6-13-7/h2,4,6H,1,3,5H2,(H,12,15). The normalized spacial score (nSPS) is 10.3. The minimum Gasteiger partial charge on any atom is -0.408 e. The number of rotatable bonds is 5. The highest BCUT2D eigenvalue weighted by molar-refractivity contribution is 6.17. The van der Waals surface area contributed by atoms with E-state index in [1.807, 2.05) is 6.07 Å². The molecule has 0 bridgehead atoms. The molecule has 0 amide bonds. The van der Waals surface area contributed by atoms with Gasteiger partial charge in [0.1, 0.15) is 6.33 Å². The largest absolute Gasteiger partial charge is 0.408 e. The van der Waals surface area contributed by atoms with Gasteiger partial charge in [-0.1, -0.05) is 5.10 Å². The maximum atomic E-state index is 5.55. The molecule has 0 aliphatic heterocycles. The monoisotopic (exact) mass is 239 g/mol. The van der Waals surface area contributed by atoms with Crippen molar-refractivity contribution in [2.24, 2.45) is 0 Å². The highest BCUT2D eigenvalue weighted by Crippen LogP contribution is 2.07. The number of hydrogen-bond acceptors (Lipinski definition) is 6. The Hall–Kier alpha value is -1.69. The van der Waals surface area contributed by atoms with E-state index < -0.39 is 0 Å². The summed E-state index contributed by atoms with van der Waals surface area (Å²) in [6.07, 6.45) is 3.74. The predicted octanol–water partition coefficient (Wildman–Crippen LogP) is 1.25. The number of halogens is 1. The molecule has 84 valence electrons. The Morgan fingerprint density at radius 1 is 1.38 bits per heavy atom. The van der Waals surface area contributed by atoms with E-state index in [0.29, 0.717) is 30.8 Å². The lowest BCUT2D eigenvalue weighted by atomic mass is 10.4. The third-order valence-corrected chi connectivity index (χ3v) is 2.03. The van der Waals surface area contributed by atoms with Crippen LogP contribution in [0.25, 0.3) is 0 Å². The fourth-order valence-electron chi connectivity index (χ4n) is 1.10. The van der Waals surface area contributed by atoms with Gasteiger partial charge >= 0.3 is 6.01 Å². The van der Waals surface area contributed by atoms with E-state index in [2.05, 4.69) is 25.5 Å². The molecule has 1 N–H and O–H groups in total. The van der Waals surface area contributed by atoms with Crippen LogP contribution in [0.2, 0.25) is 0 Å². The summed E-state index contributed by atoms with van der Waals surface area (Å²) in [5, 5.41) is 10.6. The molecule has 2 rings (SSSR count). The first-order chi connectivity index (χ1) is 7.88. The predicted molar refractivity (Wildman–Crippen MR) is 58.1 cm³/mol. The Morgan fingerprint density at radius 2 is 2.31 bits per heavy atom. The number of anilines is 1. The molecule has 7 heteroatoms. The van der Waals surface area contributed by atoms with Gasteiger partial charge < -0.3 is 9.73 Å². The summed E-state index contributed by atoms with van der Waals surface area (Å²) < 4.78 is 5.28. The van der Waals surface area contributed by atoms with Gasteiger partial charge in [-0.3, -0.25) is 0 Å². The molecule has 0 saturated carbocycles. The lowest BCUT2D eigenvalue weighted by molar-refractivity contribution is 0.512. The SMILES string of the molecule is ClCCc1nnc(NCc2ccncn2)o1. The average Bonchev–Trinajstić information content (AvgIpc) is 2.76. The van der Waals surface area contributed by atoms with E-state index in [-0.39, 0.29) is 0 Å². The van der Waals surface area contributed by atoms with Crippen LogP contribution in [-0.4, -0.2) is 26.0 Å². The number of nitrogens with zero attached hydrogens (tertiary/aromatic N) is 4. The van der Waals surface area contributed by atoms with Crippen molar-refractivity contribution in [3.05, 3.63) is 30.2 Å². The Kier molecular flexibility index (Phi) is 3.66. The number of alkyl halides is 1. The summed E-state index contributed by atoms with van der Waals surface area (Å²) in [5.74, 6) is 0.994. The van der Waals surface area contributed by atoms with E-state index in [1.54, 1.807) is 6.20 Å². The third-order valence-electron chi connectivity index (χ3n) is 1.84. The Morgan fingerprint density at radius 3 is 3.06 bits per heavy atom. The summed E-state index contributed by atoms with van der Waals surface area (Å²) in [7, 11) is 0. The van der Waals surface area contributed by atoms with Gasteiger partial charge in [-0.05, 0) is 6.07 Å². The fourth-order valence-corrected chi connectivity index (χ4v) is 1.26. The lowest BCUT2D eigenvalue weighted by Crippen LogP contribution is -2.01. The quantitative estimate of drug-likeness (QED) is 0.792. The molecule has 2 heterocycles. The molecule has 0 aromatic carbocycles. The molecule has 0 radical (unpaired) electrons. The molecule has 6 nitrogen and oxygen atoms in total. The van der Waals surface area contributed by atoms with Crippen LogP contribution in [-0.2, 0) is 13.0 Å². The van der Waals surface area contributed by atoms with E-state index >= 15 is 0 Å². The molecular formula is C9H10ClN5O. The summed E-state index contributed by atoms with van der Waals surface area (Å²) in [4.78, 5) is 7.88. The fraction of sp³-hybridized carbons (Fsp3) is 0.333. The number of hydrogen-bond donors (Lipinski definition) is 1. The molecule has 0 fully saturated rings. The van der Waals surface area contributed by atoms with Gasteiger partial charge in [-0.25, -0.2) is 9.97 Å². The van der Waals surface area contributed by atoms with Gasteiger partial charge in [-0.2, -0.15) is 0 Å². The summed E-state index contributed by atoms with van der Waals surface area (Å²) in [5.41, 5.74) is 0.854. The molecule has 0 spiro atoms. The van der Waals surface area contributed by atoms with Crippen molar-refractivity contribution in [3.63, 3.8) is 0 Å². The van der Waals surface area contributed by atoms with Gasteiger partial charge in [-0.15, -0.1) is 16.7 Å². The highest BCUT2D eigenvalue weighted by Gasteiger charge is 2.04. The van der Waals surface area contributed by atoms with Gasteiger partial charge in [0.05, 0.1) is 12.2 Å². The van der Waals surface area contributed by atoms with Crippen LogP contribution >= 0.6 is 11.6 Å². The number of aromatic nitrogens is 4. The second-order valence-corrected chi connectivity index (χ2v) is 3.37. The van der Waals surface area contributed by atoms with Crippen LogP contribution in [0.1, 0.15) is 11.6 Å². The van der Waals surface area contributed by atoms with Gasteiger partial charge in [0, 0.05) is 18.5 Å². The number of nitrogens with one attached hydrogen (secondary N) is 1. The molecule has 0 unspecified atom stereocenters. The van der Waals surface area contributed by atoms with Crippen LogP contribution in [0.4, 0.5) is 6.01 Å². The molecule has 0 aliphatic carbocycles. The third kappa shape index (κ3) is 2.90. The van der Waals surface area contributed by atoms with Crippen LogP contribution in [0.3, 0.4) is 0 Å². The Labute approximate surface area is 97.1 Å². The smallest absolute Gasteiger partial charge is 0.315 e. The molecule has 16 heavy (non-hydrogen) atoms. The van der Waals surface area contributed by atoms with Crippen molar-refractivity contribution < 1.29 is 4.42 Å². The first kappa shape index (κ1) is 10.8. The van der Waals surface area contributed by atoms with Crippen LogP contribution in [0.5, 0.6) is 0 Å². The second kappa shape index (κ2) is 5.41. The van der Waals surface area contributed by atoms with Crippen LogP contribution < -0.4 is 5.32 Å². The molecule has 0 atom stereocenters. The number of aryl methyl sites for hydroxylation is 1. The van der Waals surface area contributed by atoms with E-state index in [4.69, 9.17) is 16.0 Å². The molecule has 0 aliphatic rings.